The van der Waals surface area contributed by atoms with Gasteiger partial charge in [-0.25, -0.2) is 4.98 Å². The molecule has 18 heavy (non-hydrogen) atoms. The fraction of sp³-hybridized carbons (Fsp3) is 0.400. The van der Waals surface area contributed by atoms with Crippen LogP contribution in [0.2, 0.25) is 0 Å². The van der Waals surface area contributed by atoms with Gasteiger partial charge in [0.15, 0.2) is 0 Å². The van der Waals surface area contributed by atoms with Gasteiger partial charge in [-0.3, -0.25) is 0 Å². The van der Waals surface area contributed by atoms with E-state index in [1.165, 1.54) is 5.56 Å². The third-order valence-electron chi connectivity index (χ3n) is 3.55. The second-order valence-electron chi connectivity index (χ2n) is 4.69. The number of hydrogen-bond donors (Lipinski definition) is 1. The second kappa shape index (κ2) is 5.63. The molecule has 2 aromatic rings. The molecule has 1 atom stereocenters. The fourth-order valence-electron chi connectivity index (χ4n) is 2.32. The van der Waals surface area contributed by atoms with E-state index < -0.39 is 0 Å². The number of aliphatic hydroxyl groups excluding tert-OH is 1. The first kappa shape index (κ1) is 13.2. The Morgan fingerprint density at radius 2 is 2.00 bits per heavy atom. The van der Waals surface area contributed by atoms with Crippen molar-refractivity contribution in [2.45, 2.75) is 32.1 Å². The Hall–Kier alpha value is -1.19. The Bertz CT molecular complexity index is 488. The van der Waals surface area contributed by atoms with Gasteiger partial charge in [-0.05, 0) is 18.9 Å². The van der Waals surface area contributed by atoms with Crippen LogP contribution in [0.5, 0.6) is 0 Å². The molecule has 1 heterocycles. The molecule has 0 aliphatic heterocycles. The average molecular weight is 261 g/mol. The summed E-state index contributed by atoms with van der Waals surface area (Å²) < 4.78 is 0. The van der Waals surface area contributed by atoms with Crippen LogP contribution in [-0.2, 0) is 11.8 Å². The highest BCUT2D eigenvalue weighted by atomic mass is 32.1. The maximum atomic E-state index is 9.87. The molecule has 0 fully saturated rings. The first-order chi connectivity index (χ1) is 8.70. The Labute approximate surface area is 112 Å². The summed E-state index contributed by atoms with van der Waals surface area (Å²) in [7, 11) is 0. The molecule has 0 aliphatic rings. The number of thiazole rings is 1. The van der Waals surface area contributed by atoms with Gasteiger partial charge in [0.05, 0.1) is 17.3 Å². The fourth-order valence-corrected chi connectivity index (χ4v) is 2.93. The molecule has 0 bridgehead atoms. The highest BCUT2D eigenvalue weighted by Gasteiger charge is 2.30. The molecular formula is C15H19NOS. The van der Waals surface area contributed by atoms with E-state index in [1.54, 1.807) is 11.3 Å². The lowest BCUT2D eigenvalue weighted by molar-refractivity contribution is 0.185. The monoisotopic (exact) mass is 261 g/mol. The third kappa shape index (κ3) is 2.62. The highest BCUT2D eigenvalue weighted by Crippen LogP contribution is 2.31. The molecule has 1 unspecified atom stereocenters. The molecule has 0 saturated heterocycles. The molecule has 1 aromatic heterocycles. The number of hydrogen-bond acceptors (Lipinski definition) is 3. The quantitative estimate of drug-likeness (QED) is 0.895. The van der Waals surface area contributed by atoms with E-state index in [4.69, 9.17) is 0 Å². The summed E-state index contributed by atoms with van der Waals surface area (Å²) in [5.41, 5.74) is 2.07. The van der Waals surface area contributed by atoms with Crippen molar-refractivity contribution in [1.82, 2.24) is 4.98 Å². The van der Waals surface area contributed by atoms with Crippen LogP contribution in [0.15, 0.2) is 35.7 Å². The zero-order valence-corrected chi connectivity index (χ0v) is 11.7. The van der Waals surface area contributed by atoms with E-state index in [1.807, 2.05) is 25.1 Å². The van der Waals surface area contributed by atoms with Gasteiger partial charge in [0, 0.05) is 17.2 Å². The van der Waals surface area contributed by atoms with Crippen molar-refractivity contribution >= 4 is 11.3 Å². The normalized spacial score (nSPS) is 14.4. The standard InChI is InChI=1S/C15H19NOS/c1-3-15(11-17,13-7-5-4-6-8-13)9-14-10-18-12(2)16-14/h4-8,10,17H,3,9,11H2,1-2H3. The zero-order valence-electron chi connectivity index (χ0n) is 10.9. The Balaban J connectivity index is 2.32. The number of aromatic nitrogens is 1. The molecule has 0 aliphatic carbocycles. The van der Waals surface area contributed by atoms with Crippen molar-refractivity contribution in [1.29, 1.82) is 0 Å². The molecular weight excluding hydrogens is 242 g/mol. The van der Waals surface area contributed by atoms with Gasteiger partial charge in [0.2, 0.25) is 0 Å². The maximum absolute atomic E-state index is 9.87. The van der Waals surface area contributed by atoms with Gasteiger partial charge in [-0.15, -0.1) is 11.3 Å². The van der Waals surface area contributed by atoms with E-state index in [2.05, 4.69) is 29.4 Å². The first-order valence-corrected chi connectivity index (χ1v) is 7.15. The molecule has 96 valence electrons. The minimum Gasteiger partial charge on any atom is -0.395 e. The van der Waals surface area contributed by atoms with Crippen LogP contribution in [0.25, 0.3) is 0 Å². The summed E-state index contributed by atoms with van der Waals surface area (Å²) in [5.74, 6) is 0. The maximum Gasteiger partial charge on any atom is 0.0897 e. The number of rotatable bonds is 5. The molecule has 1 N–H and O–H groups in total. The molecule has 0 amide bonds. The van der Waals surface area contributed by atoms with Gasteiger partial charge in [0.1, 0.15) is 0 Å². The van der Waals surface area contributed by atoms with E-state index in [9.17, 15) is 5.11 Å². The topological polar surface area (TPSA) is 33.1 Å². The summed E-state index contributed by atoms with van der Waals surface area (Å²) >= 11 is 1.67. The van der Waals surface area contributed by atoms with Gasteiger partial charge in [0.25, 0.3) is 0 Å². The molecule has 0 radical (unpaired) electrons. The van der Waals surface area contributed by atoms with Crippen molar-refractivity contribution in [2.24, 2.45) is 0 Å². The number of aryl methyl sites for hydroxylation is 1. The van der Waals surface area contributed by atoms with Crippen molar-refractivity contribution in [3.05, 3.63) is 52.0 Å². The van der Waals surface area contributed by atoms with Crippen molar-refractivity contribution in [3.63, 3.8) is 0 Å². The summed E-state index contributed by atoms with van der Waals surface area (Å²) in [5, 5.41) is 13.1. The molecule has 1 aromatic carbocycles. The Morgan fingerprint density at radius 3 is 2.50 bits per heavy atom. The van der Waals surface area contributed by atoms with Crippen molar-refractivity contribution < 1.29 is 5.11 Å². The molecule has 2 nitrogen and oxygen atoms in total. The highest BCUT2D eigenvalue weighted by molar-refractivity contribution is 7.09. The summed E-state index contributed by atoms with van der Waals surface area (Å²) in [6, 6.07) is 10.3. The third-order valence-corrected chi connectivity index (χ3v) is 4.37. The molecule has 3 heteroatoms. The average Bonchev–Trinajstić information content (AvgIpc) is 2.82. The first-order valence-electron chi connectivity index (χ1n) is 6.27. The lowest BCUT2D eigenvalue weighted by Crippen LogP contribution is -2.32. The predicted molar refractivity (Wildman–Crippen MR) is 76.1 cm³/mol. The number of benzene rings is 1. The van der Waals surface area contributed by atoms with Crippen LogP contribution in [0, 0.1) is 6.92 Å². The molecule has 2 rings (SSSR count). The van der Waals surface area contributed by atoms with Crippen LogP contribution in [0.3, 0.4) is 0 Å². The largest absolute Gasteiger partial charge is 0.395 e. The molecule has 0 saturated carbocycles. The second-order valence-corrected chi connectivity index (χ2v) is 5.75. The van der Waals surface area contributed by atoms with E-state index >= 15 is 0 Å². The van der Waals surface area contributed by atoms with Gasteiger partial charge >= 0.3 is 0 Å². The van der Waals surface area contributed by atoms with Gasteiger partial charge in [-0.1, -0.05) is 37.3 Å². The number of aliphatic hydroxyl groups is 1. The molecule has 0 spiro atoms. The van der Waals surface area contributed by atoms with Crippen LogP contribution < -0.4 is 0 Å². The Morgan fingerprint density at radius 1 is 1.28 bits per heavy atom. The predicted octanol–water partition coefficient (Wildman–Crippen LogP) is 3.33. The number of nitrogens with zero attached hydrogens (tertiary/aromatic N) is 1. The SMILES string of the molecule is CCC(CO)(Cc1csc(C)n1)c1ccccc1. The summed E-state index contributed by atoms with van der Waals surface area (Å²) in [6.07, 6.45) is 1.71. The van der Waals surface area contributed by atoms with E-state index in [-0.39, 0.29) is 12.0 Å². The lowest BCUT2D eigenvalue weighted by atomic mass is 9.75. The minimum atomic E-state index is -0.207. The van der Waals surface area contributed by atoms with Gasteiger partial charge < -0.3 is 5.11 Å². The lowest BCUT2D eigenvalue weighted by Gasteiger charge is -2.30. The van der Waals surface area contributed by atoms with Crippen molar-refractivity contribution in [2.75, 3.05) is 6.61 Å². The van der Waals surface area contributed by atoms with E-state index in [0.29, 0.717) is 0 Å². The zero-order chi connectivity index (χ0) is 13.0. The van der Waals surface area contributed by atoms with Crippen LogP contribution in [-0.4, -0.2) is 16.7 Å². The van der Waals surface area contributed by atoms with Crippen LogP contribution in [0.1, 0.15) is 29.6 Å². The Kier molecular flexibility index (Phi) is 4.15. The van der Waals surface area contributed by atoms with Crippen LogP contribution >= 0.6 is 11.3 Å². The van der Waals surface area contributed by atoms with Gasteiger partial charge in [-0.2, -0.15) is 0 Å². The van der Waals surface area contributed by atoms with E-state index in [0.717, 1.165) is 23.5 Å². The minimum absolute atomic E-state index is 0.157. The van der Waals surface area contributed by atoms with Crippen molar-refractivity contribution in [3.8, 4) is 0 Å². The smallest absolute Gasteiger partial charge is 0.0897 e. The summed E-state index contributed by atoms with van der Waals surface area (Å²) in [4.78, 5) is 4.52. The van der Waals surface area contributed by atoms with Crippen LogP contribution in [0.4, 0.5) is 0 Å². The summed E-state index contributed by atoms with van der Waals surface area (Å²) in [6.45, 7) is 4.30.